The number of hydrogen-bond donors (Lipinski definition) is 1. The Labute approximate surface area is 83.4 Å². The van der Waals surface area contributed by atoms with Crippen molar-refractivity contribution in [2.24, 2.45) is 11.7 Å². The number of fused-ring (bicyclic) bond motifs is 1. The van der Waals surface area contributed by atoms with Gasteiger partial charge in [-0.25, -0.2) is 4.39 Å². The summed E-state index contributed by atoms with van der Waals surface area (Å²) >= 11 is 0. The predicted octanol–water partition coefficient (Wildman–Crippen LogP) is 2.36. The molecule has 2 N–H and O–H groups in total. The SMILES string of the molecule is CC(CN)C1=Cc2cc(F)ccc2C1. The first kappa shape index (κ1) is 9.41. The lowest BCUT2D eigenvalue weighted by molar-refractivity contribution is 0.627. The van der Waals surface area contributed by atoms with Gasteiger partial charge in [0, 0.05) is 0 Å². The standard InChI is InChI=1S/C12H14FN/c1-8(7-14)10-4-9-2-3-12(13)6-11(9)5-10/h2-3,5-6,8H,4,7,14H2,1H3. The Hall–Kier alpha value is -1.15. The fourth-order valence-corrected chi connectivity index (χ4v) is 1.80. The van der Waals surface area contributed by atoms with E-state index >= 15 is 0 Å². The normalized spacial score (nSPS) is 16.4. The molecule has 1 atom stereocenters. The molecule has 1 unspecified atom stereocenters. The molecule has 0 radical (unpaired) electrons. The van der Waals surface area contributed by atoms with Crippen LogP contribution in [0.25, 0.3) is 6.08 Å². The summed E-state index contributed by atoms with van der Waals surface area (Å²) in [5.74, 6) is 0.229. The summed E-state index contributed by atoms with van der Waals surface area (Å²) in [6.07, 6.45) is 2.99. The molecule has 1 aliphatic rings. The minimum Gasteiger partial charge on any atom is -0.330 e. The van der Waals surface area contributed by atoms with Crippen molar-refractivity contribution >= 4 is 6.08 Å². The van der Waals surface area contributed by atoms with Crippen LogP contribution < -0.4 is 5.73 Å². The minimum atomic E-state index is -0.165. The van der Waals surface area contributed by atoms with Crippen LogP contribution in [0.3, 0.4) is 0 Å². The molecule has 1 aliphatic carbocycles. The Morgan fingerprint density at radius 1 is 1.50 bits per heavy atom. The van der Waals surface area contributed by atoms with E-state index in [1.165, 1.54) is 17.2 Å². The molecule has 0 saturated heterocycles. The minimum absolute atomic E-state index is 0.165. The molecular formula is C12H14FN. The zero-order chi connectivity index (χ0) is 10.1. The predicted molar refractivity (Wildman–Crippen MR) is 56.3 cm³/mol. The summed E-state index contributed by atoms with van der Waals surface area (Å²) in [6, 6.07) is 4.96. The van der Waals surface area contributed by atoms with E-state index in [2.05, 4.69) is 13.0 Å². The van der Waals surface area contributed by atoms with Crippen LogP contribution in [0.5, 0.6) is 0 Å². The third kappa shape index (κ3) is 1.58. The van der Waals surface area contributed by atoms with Crippen LogP contribution in [-0.4, -0.2) is 6.54 Å². The van der Waals surface area contributed by atoms with Gasteiger partial charge in [-0.15, -0.1) is 0 Å². The molecule has 74 valence electrons. The fourth-order valence-electron chi connectivity index (χ4n) is 1.80. The Balaban J connectivity index is 2.30. The lowest BCUT2D eigenvalue weighted by Crippen LogP contribution is -2.12. The smallest absolute Gasteiger partial charge is 0.123 e. The van der Waals surface area contributed by atoms with Crippen LogP contribution in [0, 0.1) is 11.7 Å². The van der Waals surface area contributed by atoms with Gasteiger partial charge in [0.25, 0.3) is 0 Å². The van der Waals surface area contributed by atoms with Crippen molar-refractivity contribution in [2.75, 3.05) is 6.54 Å². The van der Waals surface area contributed by atoms with Crippen LogP contribution in [0.2, 0.25) is 0 Å². The highest BCUT2D eigenvalue weighted by Crippen LogP contribution is 2.29. The van der Waals surface area contributed by atoms with Crippen LogP contribution >= 0.6 is 0 Å². The molecule has 2 rings (SSSR count). The zero-order valence-corrected chi connectivity index (χ0v) is 8.26. The van der Waals surface area contributed by atoms with Crippen molar-refractivity contribution in [1.82, 2.24) is 0 Å². The maximum Gasteiger partial charge on any atom is 0.123 e. The highest BCUT2D eigenvalue weighted by atomic mass is 19.1. The molecule has 14 heavy (non-hydrogen) atoms. The number of rotatable bonds is 2. The van der Waals surface area contributed by atoms with Gasteiger partial charge in [0.2, 0.25) is 0 Å². The molecule has 0 aliphatic heterocycles. The van der Waals surface area contributed by atoms with E-state index < -0.39 is 0 Å². The van der Waals surface area contributed by atoms with Gasteiger partial charge in [-0.1, -0.05) is 24.6 Å². The average molecular weight is 191 g/mol. The topological polar surface area (TPSA) is 26.0 Å². The monoisotopic (exact) mass is 191 g/mol. The van der Waals surface area contributed by atoms with Crippen molar-refractivity contribution in [2.45, 2.75) is 13.3 Å². The molecule has 0 aromatic heterocycles. The second-order valence-corrected chi connectivity index (χ2v) is 3.88. The largest absolute Gasteiger partial charge is 0.330 e. The molecular weight excluding hydrogens is 177 g/mol. The maximum atomic E-state index is 12.9. The van der Waals surface area contributed by atoms with Gasteiger partial charge >= 0.3 is 0 Å². The molecule has 0 saturated carbocycles. The zero-order valence-electron chi connectivity index (χ0n) is 8.26. The fraction of sp³-hybridized carbons (Fsp3) is 0.333. The molecule has 1 nitrogen and oxygen atoms in total. The van der Waals surface area contributed by atoms with E-state index in [1.807, 2.05) is 6.07 Å². The van der Waals surface area contributed by atoms with Crippen molar-refractivity contribution in [1.29, 1.82) is 0 Å². The molecule has 2 heteroatoms. The van der Waals surface area contributed by atoms with Gasteiger partial charge < -0.3 is 5.73 Å². The van der Waals surface area contributed by atoms with Crippen LogP contribution in [0.4, 0.5) is 4.39 Å². The summed E-state index contributed by atoms with van der Waals surface area (Å²) in [5, 5.41) is 0. The second kappa shape index (κ2) is 3.54. The van der Waals surface area contributed by atoms with E-state index in [-0.39, 0.29) is 5.82 Å². The van der Waals surface area contributed by atoms with E-state index in [1.54, 1.807) is 6.07 Å². The first-order chi connectivity index (χ1) is 6.70. The Kier molecular flexibility index (Phi) is 2.38. The van der Waals surface area contributed by atoms with E-state index in [0.717, 1.165) is 12.0 Å². The molecule has 0 bridgehead atoms. The average Bonchev–Trinajstić information content (AvgIpc) is 2.59. The molecule has 0 fully saturated rings. The summed E-state index contributed by atoms with van der Waals surface area (Å²) in [5.41, 5.74) is 9.14. The second-order valence-electron chi connectivity index (χ2n) is 3.88. The highest BCUT2D eigenvalue weighted by molar-refractivity contribution is 5.64. The Morgan fingerprint density at radius 3 is 3.00 bits per heavy atom. The van der Waals surface area contributed by atoms with Gasteiger partial charge in [-0.3, -0.25) is 0 Å². The lowest BCUT2D eigenvalue weighted by atomic mass is 10.00. The van der Waals surface area contributed by atoms with Gasteiger partial charge in [0.05, 0.1) is 0 Å². The number of hydrogen-bond acceptors (Lipinski definition) is 1. The first-order valence-corrected chi connectivity index (χ1v) is 4.89. The van der Waals surface area contributed by atoms with E-state index in [0.29, 0.717) is 12.5 Å². The van der Waals surface area contributed by atoms with Crippen molar-refractivity contribution < 1.29 is 4.39 Å². The first-order valence-electron chi connectivity index (χ1n) is 4.89. The van der Waals surface area contributed by atoms with Crippen LogP contribution in [0.1, 0.15) is 18.1 Å². The van der Waals surface area contributed by atoms with Gasteiger partial charge in [-0.05, 0) is 42.1 Å². The molecule has 0 spiro atoms. The Bertz CT molecular complexity index is 382. The van der Waals surface area contributed by atoms with Crippen molar-refractivity contribution in [3.8, 4) is 0 Å². The van der Waals surface area contributed by atoms with Gasteiger partial charge in [0.1, 0.15) is 5.82 Å². The van der Waals surface area contributed by atoms with Crippen molar-refractivity contribution in [3.63, 3.8) is 0 Å². The van der Waals surface area contributed by atoms with E-state index in [4.69, 9.17) is 5.73 Å². The Morgan fingerprint density at radius 2 is 2.29 bits per heavy atom. The number of nitrogens with two attached hydrogens (primary N) is 1. The highest BCUT2D eigenvalue weighted by Gasteiger charge is 2.16. The molecule has 1 aromatic carbocycles. The number of halogens is 1. The quantitative estimate of drug-likeness (QED) is 0.763. The van der Waals surface area contributed by atoms with E-state index in [9.17, 15) is 4.39 Å². The maximum absolute atomic E-state index is 12.9. The summed E-state index contributed by atoms with van der Waals surface area (Å²) < 4.78 is 12.9. The summed E-state index contributed by atoms with van der Waals surface area (Å²) in [6.45, 7) is 2.76. The summed E-state index contributed by atoms with van der Waals surface area (Å²) in [7, 11) is 0. The third-order valence-corrected chi connectivity index (χ3v) is 2.83. The molecule has 0 heterocycles. The van der Waals surface area contributed by atoms with Crippen LogP contribution in [0.15, 0.2) is 23.8 Å². The molecule has 1 aromatic rings. The molecule has 0 amide bonds. The summed E-state index contributed by atoms with van der Waals surface area (Å²) in [4.78, 5) is 0. The van der Waals surface area contributed by atoms with Gasteiger partial charge in [-0.2, -0.15) is 0 Å². The van der Waals surface area contributed by atoms with Crippen LogP contribution in [-0.2, 0) is 6.42 Å². The van der Waals surface area contributed by atoms with Gasteiger partial charge in [0.15, 0.2) is 0 Å². The van der Waals surface area contributed by atoms with Crippen molar-refractivity contribution in [3.05, 3.63) is 40.7 Å². The third-order valence-electron chi connectivity index (χ3n) is 2.83. The number of benzene rings is 1. The lowest BCUT2D eigenvalue weighted by Gasteiger charge is -2.08.